The molecule has 0 unspecified atom stereocenters. The van der Waals surface area contributed by atoms with Crippen LogP contribution in [0.1, 0.15) is 18.9 Å². The third-order valence-electron chi connectivity index (χ3n) is 4.91. The minimum atomic E-state index is -0.345. The molecule has 0 aliphatic rings. The van der Waals surface area contributed by atoms with Gasteiger partial charge in [0.25, 0.3) is 0 Å². The number of hydrogen-bond acceptors (Lipinski definition) is 4. The SMILES string of the molecule is COc1ccc(F)cc1OCCN[C@H](C)Cc1ccc2c(ccn2CCCO)c1. The second kappa shape index (κ2) is 10.3. The fourth-order valence-electron chi connectivity index (χ4n) is 3.47. The van der Waals surface area contributed by atoms with Crippen LogP contribution in [-0.2, 0) is 13.0 Å². The quantitative estimate of drug-likeness (QED) is 0.481. The number of hydrogen-bond donors (Lipinski definition) is 2. The van der Waals surface area contributed by atoms with E-state index in [1.54, 1.807) is 6.07 Å². The Hall–Kier alpha value is -2.57. The van der Waals surface area contributed by atoms with E-state index < -0.39 is 0 Å². The fraction of sp³-hybridized carbons (Fsp3) is 0.391. The number of nitrogens with one attached hydrogen (secondary N) is 1. The Balaban J connectivity index is 1.48. The van der Waals surface area contributed by atoms with Gasteiger partial charge in [0.05, 0.1) is 7.11 Å². The van der Waals surface area contributed by atoms with E-state index in [1.807, 2.05) is 0 Å². The highest BCUT2D eigenvalue weighted by atomic mass is 19.1. The van der Waals surface area contributed by atoms with Gasteiger partial charge in [-0.25, -0.2) is 4.39 Å². The largest absolute Gasteiger partial charge is 0.493 e. The predicted octanol–water partition coefficient (Wildman–Crippen LogP) is 3.77. The van der Waals surface area contributed by atoms with Gasteiger partial charge >= 0.3 is 0 Å². The van der Waals surface area contributed by atoms with Crippen molar-refractivity contribution in [1.82, 2.24) is 9.88 Å². The highest BCUT2D eigenvalue weighted by Gasteiger charge is 2.08. The Morgan fingerprint density at radius 1 is 1.14 bits per heavy atom. The molecule has 0 fully saturated rings. The maximum Gasteiger partial charge on any atom is 0.164 e. The molecule has 5 nitrogen and oxygen atoms in total. The molecule has 0 aliphatic heterocycles. The van der Waals surface area contributed by atoms with Gasteiger partial charge in [-0.3, -0.25) is 0 Å². The Labute approximate surface area is 171 Å². The van der Waals surface area contributed by atoms with Crippen LogP contribution in [0.25, 0.3) is 10.9 Å². The van der Waals surface area contributed by atoms with Crippen LogP contribution in [0.3, 0.4) is 0 Å². The summed E-state index contributed by atoms with van der Waals surface area (Å²) in [5, 5.41) is 13.7. The lowest BCUT2D eigenvalue weighted by Gasteiger charge is -2.15. The molecule has 2 aromatic carbocycles. The normalized spacial score (nSPS) is 12.3. The molecule has 1 aromatic heterocycles. The molecule has 3 aromatic rings. The van der Waals surface area contributed by atoms with Crippen LogP contribution in [0.2, 0.25) is 0 Å². The van der Waals surface area contributed by atoms with Gasteiger partial charge in [-0.15, -0.1) is 0 Å². The second-order valence-electron chi connectivity index (χ2n) is 7.18. The third kappa shape index (κ3) is 5.71. The minimum Gasteiger partial charge on any atom is -0.493 e. The minimum absolute atomic E-state index is 0.205. The molecule has 0 bridgehead atoms. The lowest BCUT2D eigenvalue weighted by atomic mass is 10.1. The van der Waals surface area contributed by atoms with Crippen LogP contribution in [0, 0.1) is 5.82 Å². The molecule has 0 spiro atoms. The van der Waals surface area contributed by atoms with Crippen molar-refractivity contribution in [2.75, 3.05) is 26.9 Å². The van der Waals surface area contributed by atoms with Gasteiger partial charge in [-0.05, 0) is 61.0 Å². The summed E-state index contributed by atoms with van der Waals surface area (Å²) >= 11 is 0. The van der Waals surface area contributed by atoms with Crippen molar-refractivity contribution in [3.05, 3.63) is 60.0 Å². The average molecular weight is 400 g/mol. The highest BCUT2D eigenvalue weighted by Crippen LogP contribution is 2.27. The summed E-state index contributed by atoms with van der Waals surface area (Å²) in [5.41, 5.74) is 2.46. The summed E-state index contributed by atoms with van der Waals surface area (Å²) in [5.74, 6) is 0.597. The number of benzene rings is 2. The van der Waals surface area contributed by atoms with E-state index >= 15 is 0 Å². The number of aryl methyl sites for hydroxylation is 1. The van der Waals surface area contributed by atoms with Crippen molar-refractivity contribution in [3.63, 3.8) is 0 Å². The van der Waals surface area contributed by atoms with E-state index in [0.717, 1.165) is 19.4 Å². The highest BCUT2D eigenvalue weighted by molar-refractivity contribution is 5.80. The third-order valence-corrected chi connectivity index (χ3v) is 4.91. The molecule has 29 heavy (non-hydrogen) atoms. The zero-order valence-electron chi connectivity index (χ0n) is 17.0. The number of rotatable bonds is 11. The lowest BCUT2D eigenvalue weighted by Crippen LogP contribution is -2.31. The van der Waals surface area contributed by atoms with Crippen molar-refractivity contribution in [3.8, 4) is 11.5 Å². The molecule has 156 valence electrons. The number of nitrogens with zero attached hydrogens (tertiary/aromatic N) is 1. The molecular formula is C23H29FN2O3. The summed E-state index contributed by atoms with van der Waals surface area (Å²) in [6, 6.07) is 13.2. The predicted molar refractivity (Wildman–Crippen MR) is 113 cm³/mol. The topological polar surface area (TPSA) is 55.7 Å². The smallest absolute Gasteiger partial charge is 0.164 e. The van der Waals surface area contributed by atoms with Crippen molar-refractivity contribution in [2.45, 2.75) is 32.4 Å². The van der Waals surface area contributed by atoms with Gasteiger partial charge in [0, 0.05) is 43.5 Å². The van der Waals surface area contributed by atoms with E-state index in [4.69, 9.17) is 14.6 Å². The first-order valence-corrected chi connectivity index (χ1v) is 9.99. The van der Waals surface area contributed by atoms with E-state index in [-0.39, 0.29) is 18.5 Å². The number of aliphatic hydroxyl groups is 1. The van der Waals surface area contributed by atoms with Gasteiger partial charge in [0.15, 0.2) is 11.5 Å². The van der Waals surface area contributed by atoms with Crippen molar-refractivity contribution >= 4 is 10.9 Å². The first-order valence-electron chi connectivity index (χ1n) is 9.99. The zero-order chi connectivity index (χ0) is 20.6. The molecule has 0 saturated heterocycles. The van der Waals surface area contributed by atoms with Crippen LogP contribution in [-0.4, -0.2) is 42.6 Å². The number of aromatic nitrogens is 1. The van der Waals surface area contributed by atoms with Gasteiger partial charge in [-0.2, -0.15) is 0 Å². The molecular weight excluding hydrogens is 371 g/mol. The maximum absolute atomic E-state index is 13.4. The summed E-state index contributed by atoms with van der Waals surface area (Å²) in [4.78, 5) is 0. The Kier molecular flexibility index (Phi) is 7.49. The number of aliphatic hydroxyl groups excluding tert-OH is 1. The van der Waals surface area contributed by atoms with Crippen LogP contribution in [0.4, 0.5) is 4.39 Å². The van der Waals surface area contributed by atoms with E-state index in [2.05, 4.69) is 47.3 Å². The Bertz CT molecular complexity index is 926. The second-order valence-corrected chi connectivity index (χ2v) is 7.18. The Morgan fingerprint density at radius 2 is 2.00 bits per heavy atom. The van der Waals surface area contributed by atoms with Crippen LogP contribution >= 0.6 is 0 Å². The monoisotopic (exact) mass is 400 g/mol. The van der Waals surface area contributed by atoms with E-state index in [0.29, 0.717) is 24.7 Å². The Morgan fingerprint density at radius 3 is 2.79 bits per heavy atom. The van der Waals surface area contributed by atoms with Crippen molar-refractivity contribution in [1.29, 1.82) is 0 Å². The fourth-order valence-corrected chi connectivity index (χ4v) is 3.47. The molecule has 3 rings (SSSR count). The maximum atomic E-state index is 13.4. The average Bonchev–Trinajstić information content (AvgIpc) is 3.12. The van der Waals surface area contributed by atoms with Crippen LogP contribution in [0.5, 0.6) is 11.5 Å². The summed E-state index contributed by atoms with van der Waals surface area (Å²) in [7, 11) is 1.54. The van der Waals surface area contributed by atoms with Crippen molar-refractivity contribution < 1.29 is 19.0 Å². The summed E-state index contributed by atoms with van der Waals surface area (Å²) in [6.45, 7) is 4.25. The summed E-state index contributed by atoms with van der Waals surface area (Å²) in [6.07, 6.45) is 3.74. The zero-order valence-corrected chi connectivity index (χ0v) is 17.0. The first kappa shape index (κ1) is 21.1. The van der Waals surface area contributed by atoms with Crippen LogP contribution < -0.4 is 14.8 Å². The molecule has 2 N–H and O–H groups in total. The first-order chi connectivity index (χ1) is 14.1. The van der Waals surface area contributed by atoms with Crippen LogP contribution in [0.15, 0.2) is 48.7 Å². The molecule has 0 aliphatic carbocycles. The van der Waals surface area contributed by atoms with Gasteiger partial charge in [0.2, 0.25) is 0 Å². The van der Waals surface area contributed by atoms with Crippen molar-refractivity contribution in [2.24, 2.45) is 0 Å². The molecule has 6 heteroatoms. The van der Waals surface area contributed by atoms with E-state index in [1.165, 1.54) is 35.7 Å². The number of fused-ring (bicyclic) bond motifs is 1. The summed E-state index contributed by atoms with van der Waals surface area (Å²) < 4.78 is 26.4. The number of methoxy groups -OCH3 is 1. The number of halogens is 1. The van der Waals surface area contributed by atoms with Gasteiger partial charge in [0.1, 0.15) is 12.4 Å². The lowest BCUT2D eigenvalue weighted by molar-refractivity contribution is 0.280. The molecule has 0 amide bonds. The van der Waals surface area contributed by atoms with E-state index in [9.17, 15) is 4.39 Å². The number of ether oxygens (including phenoxy) is 2. The molecule has 1 atom stereocenters. The van der Waals surface area contributed by atoms with Gasteiger partial charge in [-0.1, -0.05) is 6.07 Å². The standard InChI is InChI=1S/C23H29FN2O3/c1-17(25-9-13-29-23-16-20(24)5-7-22(23)28-2)14-18-4-6-21-19(15-18)8-11-26(21)10-3-12-27/h4-8,11,15-17,25,27H,3,9-10,12-14H2,1-2H3/t17-/m1/s1. The molecule has 0 saturated carbocycles. The van der Waals surface area contributed by atoms with Gasteiger partial charge < -0.3 is 24.5 Å². The molecule has 0 radical (unpaired) electrons. The molecule has 1 heterocycles.